The Morgan fingerprint density at radius 3 is 2.29 bits per heavy atom. The number of carbonyl (C=O) groups is 2. The smallest absolute Gasteiger partial charge is 0.290 e. The molecule has 2 amide bonds. The molecule has 34 heavy (non-hydrogen) atoms. The lowest BCUT2D eigenvalue weighted by atomic mass is 9.93. The third-order valence-electron chi connectivity index (χ3n) is 6.01. The van der Waals surface area contributed by atoms with Crippen molar-refractivity contribution in [1.29, 1.82) is 0 Å². The lowest BCUT2D eigenvalue weighted by Gasteiger charge is -2.35. The summed E-state index contributed by atoms with van der Waals surface area (Å²) >= 11 is 0. The monoisotopic (exact) mass is 481 g/mol. The fraction of sp³-hybridized carbons (Fsp3) is 0.280. The molecule has 0 fully saturated rings. The van der Waals surface area contributed by atoms with Gasteiger partial charge in [-0.2, -0.15) is 4.31 Å². The van der Waals surface area contributed by atoms with Crippen LogP contribution in [0.1, 0.15) is 35.5 Å². The maximum Gasteiger partial charge on any atom is 0.290 e. The van der Waals surface area contributed by atoms with Crippen LogP contribution in [-0.2, 0) is 27.8 Å². The highest BCUT2D eigenvalue weighted by Crippen LogP contribution is 2.26. The number of sulfonamides is 1. The first kappa shape index (κ1) is 23.7. The van der Waals surface area contributed by atoms with Gasteiger partial charge in [0.2, 0.25) is 15.9 Å². The van der Waals surface area contributed by atoms with Crippen molar-refractivity contribution in [3.8, 4) is 0 Å². The van der Waals surface area contributed by atoms with Crippen LogP contribution < -0.4 is 5.32 Å². The molecule has 1 unspecified atom stereocenters. The van der Waals surface area contributed by atoms with Crippen molar-refractivity contribution in [3.63, 3.8) is 0 Å². The van der Waals surface area contributed by atoms with Crippen LogP contribution in [0.4, 0.5) is 5.69 Å². The third kappa shape index (κ3) is 4.62. The Balaban J connectivity index is 1.56. The standard InChI is InChI=1S/C25H27N3O5S/c1-3-27(4-2)34(31,32)21-13-11-20(12-14-21)26-24(29)22-16-18-8-5-6-9-19(18)17-28(22)25(30)23-10-7-15-33-23/h5-15,22H,3-4,16-17H2,1-2H3,(H,26,29). The fourth-order valence-electron chi connectivity index (χ4n) is 4.16. The van der Waals surface area contributed by atoms with Gasteiger partial charge in [-0.05, 0) is 47.5 Å². The van der Waals surface area contributed by atoms with Crippen molar-refractivity contribution in [3.05, 3.63) is 83.8 Å². The van der Waals surface area contributed by atoms with Crippen molar-refractivity contribution >= 4 is 27.5 Å². The second kappa shape index (κ2) is 9.82. The number of hydrogen-bond donors (Lipinski definition) is 1. The lowest BCUT2D eigenvalue weighted by molar-refractivity contribution is -0.121. The molecule has 9 heteroatoms. The molecule has 1 aliphatic heterocycles. The average Bonchev–Trinajstić information content (AvgIpc) is 3.39. The molecule has 2 aromatic carbocycles. The molecule has 0 radical (unpaired) electrons. The Morgan fingerprint density at radius 2 is 1.68 bits per heavy atom. The van der Waals surface area contributed by atoms with Crippen molar-refractivity contribution in [1.82, 2.24) is 9.21 Å². The van der Waals surface area contributed by atoms with Gasteiger partial charge in [-0.3, -0.25) is 9.59 Å². The highest BCUT2D eigenvalue weighted by Gasteiger charge is 2.36. The van der Waals surface area contributed by atoms with E-state index in [1.807, 2.05) is 24.3 Å². The molecular weight excluding hydrogens is 454 g/mol. The van der Waals surface area contributed by atoms with Crippen LogP contribution in [0.25, 0.3) is 0 Å². The van der Waals surface area contributed by atoms with Gasteiger partial charge in [-0.15, -0.1) is 0 Å². The SMILES string of the molecule is CCN(CC)S(=O)(=O)c1ccc(NC(=O)C2Cc3ccccc3CN2C(=O)c2ccco2)cc1. The van der Waals surface area contributed by atoms with Crippen LogP contribution in [0.15, 0.2) is 76.2 Å². The summed E-state index contributed by atoms with van der Waals surface area (Å²) in [6.07, 6.45) is 1.79. The zero-order chi connectivity index (χ0) is 24.3. The van der Waals surface area contributed by atoms with Crippen molar-refractivity contribution in [2.45, 2.75) is 37.8 Å². The maximum absolute atomic E-state index is 13.3. The summed E-state index contributed by atoms with van der Waals surface area (Å²) in [7, 11) is -3.59. The number of carbonyl (C=O) groups excluding carboxylic acids is 2. The quantitative estimate of drug-likeness (QED) is 0.557. The number of fused-ring (bicyclic) bond motifs is 1. The highest BCUT2D eigenvalue weighted by molar-refractivity contribution is 7.89. The van der Waals surface area contributed by atoms with Gasteiger partial charge in [0.15, 0.2) is 5.76 Å². The van der Waals surface area contributed by atoms with E-state index in [1.165, 1.54) is 27.6 Å². The largest absolute Gasteiger partial charge is 0.459 e. The highest BCUT2D eigenvalue weighted by atomic mass is 32.2. The Kier molecular flexibility index (Phi) is 6.85. The third-order valence-corrected chi connectivity index (χ3v) is 8.07. The van der Waals surface area contributed by atoms with Crippen LogP contribution in [0.5, 0.6) is 0 Å². The van der Waals surface area contributed by atoms with E-state index < -0.39 is 16.1 Å². The van der Waals surface area contributed by atoms with Crippen LogP contribution >= 0.6 is 0 Å². The summed E-state index contributed by atoms with van der Waals surface area (Å²) < 4.78 is 32.1. The van der Waals surface area contributed by atoms with Gasteiger partial charge in [0.1, 0.15) is 6.04 Å². The number of amides is 2. The first-order valence-corrected chi connectivity index (χ1v) is 12.6. The number of anilines is 1. The zero-order valence-electron chi connectivity index (χ0n) is 19.1. The minimum Gasteiger partial charge on any atom is -0.459 e. The topological polar surface area (TPSA) is 99.9 Å². The Morgan fingerprint density at radius 1 is 1.00 bits per heavy atom. The molecule has 1 atom stereocenters. The number of furan rings is 1. The van der Waals surface area contributed by atoms with Gasteiger partial charge < -0.3 is 14.6 Å². The zero-order valence-corrected chi connectivity index (χ0v) is 19.9. The molecule has 0 bridgehead atoms. The molecular formula is C25H27N3O5S. The summed E-state index contributed by atoms with van der Waals surface area (Å²) in [6.45, 7) is 4.61. The Hall–Kier alpha value is -3.43. The molecule has 1 aromatic heterocycles. The van der Waals surface area contributed by atoms with Crippen molar-refractivity contribution in [2.75, 3.05) is 18.4 Å². The van der Waals surface area contributed by atoms with Gasteiger partial charge in [0.25, 0.3) is 5.91 Å². The summed E-state index contributed by atoms with van der Waals surface area (Å²) in [5.41, 5.74) is 2.44. The van der Waals surface area contributed by atoms with E-state index in [0.717, 1.165) is 11.1 Å². The van der Waals surface area contributed by atoms with Crippen LogP contribution in [0.2, 0.25) is 0 Å². The molecule has 2 heterocycles. The van der Waals surface area contributed by atoms with Gasteiger partial charge >= 0.3 is 0 Å². The van der Waals surface area contributed by atoms with Crippen LogP contribution in [0.3, 0.4) is 0 Å². The lowest BCUT2D eigenvalue weighted by Crippen LogP contribution is -2.50. The molecule has 0 saturated heterocycles. The molecule has 0 aliphatic carbocycles. The minimum absolute atomic E-state index is 0.162. The van der Waals surface area contributed by atoms with Crippen LogP contribution in [0, 0.1) is 0 Å². The van der Waals surface area contributed by atoms with Gasteiger partial charge in [0, 0.05) is 31.7 Å². The fourth-order valence-corrected chi connectivity index (χ4v) is 5.62. The van der Waals surface area contributed by atoms with E-state index in [0.29, 0.717) is 25.2 Å². The number of nitrogens with one attached hydrogen (secondary N) is 1. The molecule has 0 spiro atoms. The van der Waals surface area contributed by atoms with Gasteiger partial charge in [-0.1, -0.05) is 38.1 Å². The maximum atomic E-state index is 13.3. The summed E-state index contributed by atoms with van der Waals surface area (Å²) in [4.78, 5) is 28.0. The van der Waals surface area contributed by atoms with E-state index in [1.54, 1.807) is 38.1 Å². The number of hydrogen-bond acceptors (Lipinski definition) is 5. The van der Waals surface area contributed by atoms with Crippen LogP contribution in [-0.4, -0.2) is 48.6 Å². The van der Waals surface area contributed by atoms with E-state index in [9.17, 15) is 18.0 Å². The molecule has 4 rings (SSSR count). The number of nitrogens with zero attached hydrogens (tertiary/aromatic N) is 2. The van der Waals surface area contributed by atoms with E-state index in [-0.39, 0.29) is 29.0 Å². The van der Waals surface area contributed by atoms with Gasteiger partial charge in [0.05, 0.1) is 11.2 Å². The first-order chi connectivity index (χ1) is 16.3. The number of benzene rings is 2. The summed E-state index contributed by atoms with van der Waals surface area (Å²) in [5.74, 6) is -0.544. The Bertz CT molecular complexity index is 1270. The average molecular weight is 482 g/mol. The second-order valence-electron chi connectivity index (χ2n) is 8.00. The molecule has 3 aromatic rings. The minimum atomic E-state index is -3.59. The Labute approximate surface area is 199 Å². The van der Waals surface area contributed by atoms with Crippen molar-refractivity contribution in [2.24, 2.45) is 0 Å². The predicted molar refractivity (Wildman–Crippen MR) is 128 cm³/mol. The molecule has 178 valence electrons. The first-order valence-electron chi connectivity index (χ1n) is 11.2. The van der Waals surface area contributed by atoms with Gasteiger partial charge in [-0.25, -0.2) is 8.42 Å². The van der Waals surface area contributed by atoms with E-state index in [2.05, 4.69) is 5.32 Å². The molecule has 1 aliphatic rings. The summed E-state index contributed by atoms with van der Waals surface area (Å²) in [6, 6.07) is 16.3. The van der Waals surface area contributed by atoms with E-state index >= 15 is 0 Å². The summed E-state index contributed by atoms with van der Waals surface area (Å²) in [5, 5.41) is 2.84. The molecule has 8 nitrogen and oxygen atoms in total. The van der Waals surface area contributed by atoms with E-state index in [4.69, 9.17) is 4.42 Å². The van der Waals surface area contributed by atoms with Crippen molar-refractivity contribution < 1.29 is 22.4 Å². The predicted octanol–water partition coefficient (Wildman–Crippen LogP) is 3.52. The normalized spacial score (nSPS) is 15.7. The molecule has 0 saturated carbocycles. The number of rotatable bonds is 7. The molecule has 1 N–H and O–H groups in total. The second-order valence-corrected chi connectivity index (χ2v) is 9.94.